The molecule has 1 aliphatic carbocycles. The van der Waals surface area contributed by atoms with E-state index in [1.54, 1.807) is 9.80 Å². The number of ether oxygens (including phenoxy) is 3. The van der Waals surface area contributed by atoms with E-state index in [0.29, 0.717) is 49.7 Å². The summed E-state index contributed by atoms with van der Waals surface area (Å²) in [5, 5.41) is 0. The lowest BCUT2D eigenvalue weighted by molar-refractivity contribution is -0.0370. The zero-order valence-corrected chi connectivity index (χ0v) is 28.3. The predicted molar refractivity (Wildman–Crippen MR) is 173 cm³/mol. The zero-order chi connectivity index (χ0) is 34.4. The van der Waals surface area contributed by atoms with Crippen molar-refractivity contribution in [2.45, 2.75) is 85.1 Å². The van der Waals surface area contributed by atoms with Crippen molar-refractivity contribution in [3.05, 3.63) is 65.4 Å². The highest BCUT2D eigenvalue weighted by molar-refractivity contribution is 5.97. The van der Waals surface area contributed by atoms with Crippen LogP contribution in [-0.4, -0.2) is 80.7 Å². The van der Waals surface area contributed by atoms with Crippen LogP contribution in [0.15, 0.2) is 36.9 Å². The van der Waals surface area contributed by atoms with Crippen molar-refractivity contribution < 1.29 is 32.6 Å². The minimum atomic E-state index is -0.639. The van der Waals surface area contributed by atoms with Gasteiger partial charge in [0.25, 0.3) is 5.91 Å². The molecule has 1 saturated carbocycles. The van der Waals surface area contributed by atoms with E-state index in [-0.39, 0.29) is 47.1 Å². The maximum Gasteiger partial charge on any atom is 0.410 e. The lowest BCUT2D eigenvalue weighted by Gasteiger charge is -2.59. The number of aromatic nitrogens is 3. The number of nitrogens with zero attached hydrogens (tertiary/aromatic N) is 6. The Morgan fingerprint density at radius 1 is 1.10 bits per heavy atom. The van der Waals surface area contributed by atoms with Crippen molar-refractivity contribution in [3.63, 3.8) is 0 Å². The van der Waals surface area contributed by atoms with E-state index in [2.05, 4.69) is 19.9 Å². The Balaban J connectivity index is 1.11. The van der Waals surface area contributed by atoms with Crippen molar-refractivity contribution in [3.8, 4) is 17.2 Å². The Hall–Kier alpha value is -4.55. The first kappa shape index (κ1) is 33.4. The van der Waals surface area contributed by atoms with Crippen LogP contribution in [0.1, 0.15) is 76.0 Å². The van der Waals surface area contributed by atoms with Gasteiger partial charge in [0.05, 0.1) is 30.2 Å². The Morgan fingerprint density at radius 2 is 1.85 bits per heavy atom. The number of pyridine rings is 1. The molecule has 2 aliphatic heterocycles. The third-order valence-electron chi connectivity index (χ3n) is 9.03. The molecule has 4 heterocycles. The molecule has 0 bridgehead atoms. The first-order chi connectivity index (χ1) is 22.8. The number of hydrogen-bond donors (Lipinski definition) is 0. The van der Waals surface area contributed by atoms with Gasteiger partial charge in [0.2, 0.25) is 0 Å². The number of hydrogen-bond acceptors (Lipinski definition) is 9. The van der Waals surface area contributed by atoms with Crippen LogP contribution < -0.4 is 14.4 Å². The Bertz CT molecular complexity index is 1700. The fourth-order valence-electron chi connectivity index (χ4n) is 6.77. The van der Waals surface area contributed by atoms with Crippen LogP contribution >= 0.6 is 0 Å². The minimum Gasteiger partial charge on any atom is -0.487 e. The molecule has 1 aromatic carbocycles. The van der Waals surface area contributed by atoms with Gasteiger partial charge >= 0.3 is 6.09 Å². The summed E-state index contributed by atoms with van der Waals surface area (Å²) in [7, 11) is 0. The number of benzene rings is 1. The summed E-state index contributed by atoms with van der Waals surface area (Å²) >= 11 is 0. The van der Waals surface area contributed by atoms with Gasteiger partial charge in [0.1, 0.15) is 29.6 Å². The zero-order valence-electron chi connectivity index (χ0n) is 28.3. The Kier molecular flexibility index (Phi) is 8.90. The highest BCUT2D eigenvalue weighted by Crippen LogP contribution is 2.52. The van der Waals surface area contributed by atoms with Gasteiger partial charge in [-0.25, -0.2) is 23.5 Å². The fraction of sp³-hybridized carbons (Fsp3) is 0.514. The van der Waals surface area contributed by atoms with E-state index in [1.807, 2.05) is 41.5 Å². The summed E-state index contributed by atoms with van der Waals surface area (Å²) < 4.78 is 47.3. The van der Waals surface area contributed by atoms with Crippen LogP contribution in [0.4, 0.5) is 19.4 Å². The molecule has 0 unspecified atom stereocenters. The van der Waals surface area contributed by atoms with Crippen LogP contribution in [0.5, 0.6) is 17.2 Å². The van der Waals surface area contributed by atoms with Gasteiger partial charge < -0.3 is 28.9 Å². The highest BCUT2D eigenvalue weighted by atomic mass is 19.1. The molecule has 13 heteroatoms. The number of amides is 2. The standard InChI is InChI=1S/C35H42F2N6O5/c1-7-43(21(2)3)32(44)24-12-22(36)8-9-28(24)47-29-16-38-20-40-31(29)42-18-35(19-42)13-23(14-35)46-30-25-17-41(33(45)48-34(4,5)6)11-10-27(25)39-15-26(30)37/h8-9,12,15-16,20-21,23H,7,10-11,13-14,17-19H2,1-6H3. The largest absolute Gasteiger partial charge is 0.487 e. The second-order valence-electron chi connectivity index (χ2n) is 14.2. The molecule has 2 amide bonds. The van der Waals surface area contributed by atoms with E-state index in [4.69, 9.17) is 14.2 Å². The summed E-state index contributed by atoms with van der Waals surface area (Å²) in [4.78, 5) is 44.2. The van der Waals surface area contributed by atoms with Crippen molar-refractivity contribution in [2.75, 3.05) is 31.1 Å². The number of fused-ring (bicyclic) bond motifs is 1. The first-order valence-corrected chi connectivity index (χ1v) is 16.4. The highest BCUT2D eigenvalue weighted by Gasteiger charge is 2.54. The van der Waals surface area contributed by atoms with Crippen LogP contribution in [0.2, 0.25) is 0 Å². The van der Waals surface area contributed by atoms with Crippen LogP contribution in [0, 0.1) is 17.0 Å². The molecule has 1 spiro atoms. The molecule has 0 N–H and O–H groups in total. The third-order valence-corrected chi connectivity index (χ3v) is 9.03. The maximum atomic E-state index is 15.1. The molecular weight excluding hydrogens is 622 g/mol. The summed E-state index contributed by atoms with van der Waals surface area (Å²) in [6, 6.07) is 3.82. The SMILES string of the molecule is CCN(C(=O)c1cc(F)ccc1Oc1cncnc1N1CC2(CC(Oc3c(F)cnc4c3CN(C(=O)OC(C)(C)C)CC4)C2)C1)C(C)C. The van der Waals surface area contributed by atoms with Crippen molar-refractivity contribution in [1.29, 1.82) is 0 Å². The van der Waals surface area contributed by atoms with E-state index in [0.717, 1.165) is 18.5 Å². The fourth-order valence-corrected chi connectivity index (χ4v) is 6.77. The summed E-state index contributed by atoms with van der Waals surface area (Å²) in [6.07, 6.45) is 5.44. The molecule has 3 aromatic rings. The summed E-state index contributed by atoms with van der Waals surface area (Å²) in [5.74, 6) is -0.116. The predicted octanol–water partition coefficient (Wildman–Crippen LogP) is 6.15. The van der Waals surface area contributed by atoms with Gasteiger partial charge in [0.15, 0.2) is 23.1 Å². The topological polar surface area (TPSA) is 110 Å². The third kappa shape index (κ3) is 6.72. The van der Waals surface area contributed by atoms with E-state index in [9.17, 15) is 14.0 Å². The Labute approximate surface area is 279 Å². The smallest absolute Gasteiger partial charge is 0.410 e. The Morgan fingerprint density at radius 3 is 2.54 bits per heavy atom. The normalized spacial score (nSPS) is 17.0. The van der Waals surface area contributed by atoms with Crippen LogP contribution in [0.3, 0.4) is 0 Å². The molecular formula is C35H42F2N6O5. The van der Waals surface area contributed by atoms with Gasteiger partial charge in [-0.15, -0.1) is 0 Å². The number of halogens is 2. The average molecular weight is 665 g/mol. The molecule has 0 atom stereocenters. The molecule has 48 heavy (non-hydrogen) atoms. The average Bonchev–Trinajstić information content (AvgIpc) is 2.99. The monoisotopic (exact) mass is 664 g/mol. The van der Waals surface area contributed by atoms with Gasteiger partial charge in [0, 0.05) is 49.6 Å². The summed E-state index contributed by atoms with van der Waals surface area (Å²) in [5.41, 5.74) is 0.761. The number of anilines is 1. The van der Waals surface area contributed by atoms with Gasteiger partial charge in [-0.3, -0.25) is 9.78 Å². The minimum absolute atomic E-state index is 0.0328. The van der Waals surface area contributed by atoms with Crippen molar-refractivity contribution in [1.82, 2.24) is 24.8 Å². The van der Waals surface area contributed by atoms with E-state index >= 15 is 4.39 Å². The molecule has 256 valence electrons. The van der Waals surface area contributed by atoms with Gasteiger partial charge in [-0.1, -0.05) is 0 Å². The second-order valence-corrected chi connectivity index (χ2v) is 14.2. The number of carbonyl (C=O) groups is 2. The van der Waals surface area contributed by atoms with E-state index < -0.39 is 23.3 Å². The molecule has 11 nitrogen and oxygen atoms in total. The van der Waals surface area contributed by atoms with Crippen LogP contribution in [-0.2, 0) is 17.7 Å². The van der Waals surface area contributed by atoms with Crippen molar-refractivity contribution >= 4 is 17.8 Å². The maximum absolute atomic E-state index is 15.1. The van der Waals surface area contributed by atoms with Crippen LogP contribution in [0.25, 0.3) is 0 Å². The quantitative estimate of drug-likeness (QED) is 0.280. The second kappa shape index (κ2) is 12.8. The first-order valence-electron chi connectivity index (χ1n) is 16.4. The van der Waals surface area contributed by atoms with Gasteiger partial charge in [-0.05, 0) is 72.6 Å². The van der Waals surface area contributed by atoms with E-state index in [1.165, 1.54) is 36.9 Å². The number of carbonyl (C=O) groups excluding carboxylic acids is 2. The lowest BCUT2D eigenvalue weighted by atomic mass is 9.61. The molecule has 0 radical (unpaired) electrons. The summed E-state index contributed by atoms with van der Waals surface area (Å²) in [6.45, 7) is 13.5. The molecule has 6 rings (SSSR count). The lowest BCUT2D eigenvalue weighted by Crippen LogP contribution is -2.65. The molecule has 2 fully saturated rings. The number of rotatable bonds is 8. The van der Waals surface area contributed by atoms with Crippen molar-refractivity contribution in [2.24, 2.45) is 5.41 Å². The molecule has 1 saturated heterocycles. The molecule has 2 aromatic heterocycles. The molecule has 3 aliphatic rings. The van der Waals surface area contributed by atoms with Gasteiger partial charge in [-0.2, -0.15) is 0 Å².